The lowest BCUT2D eigenvalue weighted by atomic mass is 10.1. The molecule has 0 aliphatic carbocycles. The fraction of sp³-hybridized carbons (Fsp3) is 0.294. The van der Waals surface area contributed by atoms with Gasteiger partial charge in [-0.25, -0.2) is 13.1 Å². The highest BCUT2D eigenvalue weighted by molar-refractivity contribution is 7.89. The summed E-state index contributed by atoms with van der Waals surface area (Å²) in [5.74, 6) is 0. The second kappa shape index (κ2) is 8.36. The van der Waals surface area contributed by atoms with Gasteiger partial charge in [0.2, 0.25) is 10.0 Å². The molecule has 2 aromatic carbocycles. The van der Waals surface area contributed by atoms with Crippen molar-refractivity contribution in [2.45, 2.75) is 17.1 Å². The van der Waals surface area contributed by atoms with E-state index in [0.717, 1.165) is 24.3 Å². The molecular formula is C17H17Cl2F3N2O2S. The van der Waals surface area contributed by atoms with Crippen LogP contribution in [0.5, 0.6) is 0 Å². The van der Waals surface area contributed by atoms with Crippen LogP contribution in [0.4, 0.5) is 13.2 Å². The molecule has 0 aliphatic heterocycles. The van der Waals surface area contributed by atoms with Crippen molar-refractivity contribution >= 4 is 33.2 Å². The van der Waals surface area contributed by atoms with Crippen molar-refractivity contribution in [2.75, 3.05) is 20.6 Å². The topological polar surface area (TPSA) is 49.4 Å². The maximum absolute atomic E-state index is 12.7. The predicted octanol–water partition coefficient (Wildman–Crippen LogP) is 4.59. The Labute approximate surface area is 165 Å². The minimum atomic E-state index is -4.54. The minimum absolute atomic E-state index is 0.265. The van der Waals surface area contributed by atoms with E-state index in [1.54, 1.807) is 37.2 Å². The third-order valence-corrected chi connectivity index (χ3v) is 5.91. The predicted molar refractivity (Wildman–Crippen MR) is 99.5 cm³/mol. The number of hydrogen-bond donors (Lipinski definition) is 1. The summed E-state index contributed by atoms with van der Waals surface area (Å²) >= 11 is 11.9. The van der Waals surface area contributed by atoms with Crippen LogP contribution < -0.4 is 4.72 Å². The van der Waals surface area contributed by atoms with Gasteiger partial charge in [-0.15, -0.1) is 0 Å². The molecule has 2 aromatic rings. The Kier molecular flexibility index (Phi) is 6.81. The summed E-state index contributed by atoms with van der Waals surface area (Å²) < 4.78 is 65.8. The zero-order valence-electron chi connectivity index (χ0n) is 14.4. The number of rotatable bonds is 6. The molecule has 0 fully saturated rings. The van der Waals surface area contributed by atoms with Crippen LogP contribution in [-0.4, -0.2) is 34.0 Å². The molecule has 0 bridgehead atoms. The normalized spacial score (nSPS) is 13.8. The summed E-state index contributed by atoms with van der Waals surface area (Å²) in [6, 6.07) is 7.37. The first kappa shape index (κ1) is 22.0. The van der Waals surface area contributed by atoms with Gasteiger partial charge in [0, 0.05) is 6.54 Å². The number of sulfonamides is 1. The number of likely N-dealkylation sites (N-methyl/N-ethyl adjacent to an activating group) is 1. The van der Waals surface area contributed by atoms with Gasteiger partial charge >= 0.3 is 6.18 Å². The number of hydrogen-bond acceptors (Lipinski definition) is 3. The van der Waals surface area contributed by atoms with Crippen LogP contribution >= 0.6 is 23.2 Å². The summed E-state index contributed by atoms with van der Waals surface area (Å²) in [7, 11) is -0.537. The molecule has 0 aliphatic rings. The van der Waals surface area contributed by atoms with Crippen LogP contribution in [0.15, 0.2) is 47.4 Å². The van der Waals surface area contributed by atoms with Crippen molar-refractivity contribution in [2.24, 2.45) is 0 Å². The molecule has 2 rings (SSSR count). The number of benzene rings is 2. The van der Waals surface area contributed by atoms with Crippen LogP contribution in [-0.2, 0) is 16.2 Å². The highest BCUT2D eigenvalue weighted by atomic mass is 35.5. The Morgan fingerprint density at radius 1 is 1.04 bits per heavy atom. The van der Waals surface area contributed by atoms with Crippen LogP contribution in [0.1, 0.15) is 17.2 Å². The molecule has 0 aromatic heterocycles. The van der Waals surface area contributed by atoms with E-state index in [4.69, 9.17) is 23.2 Å². The van der Waals surface area contributed by atoms with E-state index in [1.165, 1.54) is 0 Å². The molecule has 4 nitrogen and oxygen atoms in total. The molecule has 1 atom stereocenters. The molecule has 0 heterocycles. The van der Waals surface area contributed by atoms with Gasteiger partial charge in [0.25, 0.3) is 0 Å². The number of alkyl halides is 3. The van der Waals surface area contributed by atoms with Gasteiger partial charge in [0.05, 0.1) is 26.5 Å². The Balaban J connectivity index is 2.33. The second-order valence-electron chi connectivity index (χ2n) is 6.13. The molecule has 27 heavy (non-hydrogen) atoms. The molecule has 10 heteroatoms. The first-order chi connectivity index (χ1) is 12.4. The van der Waals surface area contributed by atoms with Gasteiger partial charge in [-0.2, -0.15) is 13.2 Å². The standard InChI is InChI=1S/C17H17Cl2F3N2O2S/c1-24(2)10-16(11-3-8-14(18)15(19)9-11)23-27(25,26)13-6-4-12(5-7-13)17(20,21)22/h3-9,16,23H,10H2,1-2H3/t16-/m0/s1. The van der Waals surface area contributed by atoms with E-state index in [1.807, 2.05) is 0 Å². The van der Waals surface area contributed by atoms with Gasteiger partial charge in [-0.1, -0.05) is 29.3 Å². The maximum atomic E-state index is 12.7. The molecule has 0 radical (unpaired) electrons. The van der Waals surface area contributed by atoms with Gasteiger partial charge in [-0.05, 0) is 56.1 Å². The van der Waals surface area contributed by atoms with Crippen molar-refractivity contribution in [3.8, 4) is 0 Å². The van der Waals surface area contributed by atoms with Crippen molar-refractivity contribution in [3.05, 3.63) is 63.6 Å². The summed E-state index contributed by atoms with van der Waals surface area (Å²) in [6.45, 7) is 0.303. The van der Waals surface area contributed by atoms with Crippen molar-refractivity contribution in [3.63, 3.8) is 0 Å². The maximum Gasteiger partial charge on any atom is 0.416 e. The first-order valence-corrected chi connectivity index (χ1v) is 9.93. The highest BCUT2D eigenvalue weighted by Gasteiger charge is 2.31. The van der Waals surface area contributed by atoms with E-state index in [0.29, 0.717) is 17.1 Å². The number of nitrogens with zero attached hydrogens (tertiary/aromatic N) is 1. The minimum Gasteiger partial charge on any atom is -0.307 e. The SMILES string of the molecule is CN(C)C[C@H](NS(=O)(=O)c1ccc(C(F)(F)F)cc1)c1ccc(Cl)c(Cl)c1. The van der Waals surface area contributed by atoms with Gasteiger partial charge in [-0.3, -0.25) is 0 Å². The molecule has 0 unspecified atom stereocenters. The van der Waals surface area contributed by atoms with Crippen LogP contribution in [0, 0.1) is 0 Å². The third kappa shape index (κ3) is 5.83. The van der Waals surface area contributed by atoms with E-state index in [9.17, 15) is 21.6 Å². The van der Waals surface area contributed by atoms with E-state index >= 15 is 0 Å². The van der Waals surface area contributed by atoms with Crippen molar-refractivity contribution < 1.29 is 21.6 Å². The average Bonchev–Trinajstić information content (AvgIpc) is 2.55. The Morgan fingerprint density at radius 3 is 2.11 bits per heavy atom. The monoisotopic (exact) mass is 440 g/mol. The summed E-state index contributed by atoms with van der Waals surface area (Å²) in [5.41, 5.74) is -0.343. The van der Waals surface area contributed by atoms with Crippen LogP contribution in [0.3, 0.4) is 0 Å². The van der Waals surface area contributed by atoms with Crippen molar-refractivity contribution in [1.29, 1.82) is 0 Å². The van der Waals surface area contributed by atoms with E-state index < -0.39 is 27.8 Å². The second-order valence-corrected chi connectivity index (χ2v) is 8.66. The Bertz CT molecular complexity index is 901. The Morgan fingerprint density at radius 2 is 1.63 bits per heavy atom. The largest absolute Gasteiger partial charge is 0.416 e. The third-order valence-electron chi connectivity index (χ3n) is 3.68. The van der Waals surface area contributed by atoms with Crippen molar-refractivity contribution in [1.82, 2.24) is 9.62 Å². The lowest BCUT2D eigenvalue weighted by Gasteiger charge is -2.23. The molecule has 0 saturated heterocycles. The van der Waals surface area contributed by atoms with E-state index in [2.05, 4.69) is 4.72 Å². The lowest BCUT2D eigenvalue weighted by molar-refractivity contribution is -0.137. The molecule has 0 amide bonds. The highest BCUT2D eigenvalue weighted by Crippen LogP contribution is 2.30. The van der Waals surface area contributed by atoms with Gasteiger partial charge < -0.3 is 4.90 Å². The average molecular weight is 441 g/mol. The first-order valence-electron chi connectivity index (χ1n) is 7.69. The molecular weight excluding hydrogens is 424 g/mol. The van der Waals surface area contributed by atoms with Crippen LogP contribution in [0.25, 0.3) is 0 Å². The fourth-order valence-electron chi connectivity index (χ4n) is 2.38. The summed E-state index contributed by atoms with van der Waals surface area (Å²) in [4.78, 5) is 1.50. The summed E-state index contributed by atoms with van der Waals surface area (Å²) in [5, 5.41) is 0.598. The molecule has 0 spiro atoms. The quantitative estimate of drug-likeness (QED) is 0.714. The lowest BCUT2D eigenvalue weighted by Crippen LogP contribution is -2.35. The summed E-state index contributed by atoms with van der Waals surface area (Å²) in [6.07, 6.45) is -4.54. The van der Waals surface area contributed by atoms with Gasteiger partial charge in [0.1, 0.15) is 0 Å². The zero-order valence-corrected chi connectivity index (χ0v) is 16.7. The smallest absolute Gasteiger partial charge is 0.307 e. The number of nitrogens with one attached hydrogen (secondary N) is 1. The Hall–Kier alpha value is -1.32. The molecule has 0 saturated carbocycles. The number of halogens is 5. The zero-order chi connectivity index (χ0) is 20.4. The van der Waals surface area contributed by atoms with Crippen LogP contribution in [0.2, 0.25) is 10.0 Å². The van der Waals surface area contributed by atoms with E-state index in [-0.39, 0.29) is 9.92 Å². The molecule has 148 valence electrons. The van der Waals surface area contributed by atoms with Gasteiger partial charge in [0.15, 0.2) is 0 Å². The fourth-order valence-corrected chi connectivity index (χ4v) is 3.91. The molecule has 1 N–H and O–H groups in total.